The molecule has 5 heteroatoms. The Morgan fingerprint density at radius 1 is 1.23 bits per heavy atom. The Morgan fingerprint density at radius 2 is 1.85 bits per heavy atom. The highest BCUT2D eigenvalue weighted by Gasteiger charge is 1.99. The molecule has 13 heavy (non-hydrogen) atoms. The Hall–Kier alpha value is -1.55. The molecule has 0 aliphatic carbocycles. The summed E-state index contributed by atoms with van der Waals surface area (Å²) in [5.41, 5.74) is 1.33. The Bertz CT molecular complexity index is 329. The van der Waals surface area contributed by atoms with E-state index >= 15 is 0 Å². The van der Waals surface area contributed by atoms with Crippen LogP contribution in [0.3, 0.4) is 0 Å². The summed E-state index contributed by atoms with van der Waals surface area (Å²) in [6.07, 6.45) is 1.38. The van der Waals surface area contributed by atoms with Crippen molar-refractivity contribution in [2.45, 2.75) is 0 Å². The molecule has 4 nitrogen and oxygen atoms in total. The second-order valence-electron chi connectivity index (χ2n) is 2.30. The molecular formula is C8H9ClN4. The molecule has 0 aliphatic rings. The smallest absolute Gasteiger partial charge is 0.110 e. The summed E-state index contributed by atoms with van der Waals surface area (Å²) in [6.45, 7) is 0. The van der Waals surface area contributed by atoms with Crippen LogP contribution in [0.1, 0.15) is 5.56 Å². The summed E-state index contributed by atoms with van der Waals surface area (Å²) in [4.78, 5) is 0. The average molecular weight is 197 g/mol. The number of hydrogen-bond donors (Lipinski definition) is 2. The van der Waals surface area contributed by atoms with E-state index in [-0.39, 0.29) is 0 Å². The molecular weight excluding hydrogens is 188 g/mol. The zero-order valence-corrected chi connectivity index (χ0v) is 7.57. The summed E-state index contributed by atoms with van der Waals surface area (Å²) in [6, 6.07) is 7.06. The number of nitrogens with two attached hydrogens (primary N) is 2. The third kappa shape index (κ3) is 2.45. The van der Waals surface area contributed by atoms with Gasteiger partial charge in [-0.05, 0) is 12.1 Å². The fraction of sp³-hybridized carbons (Fsp3) is 0. The van der Waals surface area contributed by atoms with Gasteiger partial charge in [-0.15, -0.1) is 0 Å². The molecule has 0 saturated heterocycles. The van der Waals surface area contributed by atoms with Gasteiger partial charge < -0.3 is 11.7 Å². The Kier molecular flexibility index (Phi) is 3.28. The van der Waals surface area contributed by atoms with Gasteiger partial charge in [0.1, 0.15) is 5.71 Å². The maximum absolute atomic E-state index is 5.71. The molecule has 0 bridgehead atoms. The largest absolute Gasteiger partial charge is 0.323 e. The van der Waals surface area contributed by atoms with E-state index in [9.17, 15) is 0 Å². The molecule has 1 aromatic rings. The lowest BCUT2D eigenvalue weighted by molar-refractivity contribution is 1.24. The Balaban J connectivity index is 3.00. The van der Waals surface area contributed by atoms with Crippen molar-refractivity contribution in [3.8, 4) is 0 Å². The van der Waals surface area contributed by atoms with E-state index < -0.39 is 0 Å². The molecule has 1 rings (SSSR count). The SMILES string of the molecule is N/N=C\C(=N/N)c1ccc(Cl)cc1. The minimum Gasteiger partial charge on any atom is -0.323 e. The fourth-order valence-corrected chi connectivity index (χ4v) is 1.000. The molecule has 0 aliphatic heterocycles. The van der Waals surface area contributed by atoms with Crippen molar-refractivity contribution in [3.05, 3.63) is 34.9 Å². The van der Waals surface area contributed by atoms with E-state index in [2.05, 4.69) is 10.2 Å². The van der Waals surface area contributed by atoms with Crippen LogP contribution in [0.2, 0.25) is 5.02 Å². The van der Waals surface area contributed by atoms with Crippen LogP contribution in [-0.4, -0.2) is 11.9 Å². The quantitative estimate of drug-likeness (QED) is 0.420. The lowest BCUT2D eigenvalue weighted by atomic mass is 10.1. The molecule has 0 unspecified atom stereocenters. The topological polar surface area (TPSA) is 76.8 Å². The van der Waals surface area contributed by atoms with Crippen LogP contribution < -0.4 is 11.7 Å². The first-order valence-electron chi connectivity index (χ1n) is 3.55. The summed E-state index contributed by atoms with van der Waals surface area (Å²) in [5.74, 6) is 10.1. The van der Waals surface area contributed by atoms with Gasteiger partial charge in [-0.3, -0.25) is 0 Å². The molecule has 4 N–H and O–H groups in total. The summed E-state index contributed by atoms with van der Waals surface area (Å²) >= 11 is 5.71. The second-order valence-corrected chi connectivity index (χ2v) is 2.74. The standard InChI is InChI=1S/C8H9ClN4/c9-7-3-1-6(2-4-7)8(13-11)5-12-10/h1-5H,10-11H2/b12-5-,13-8+. The molecule has 1 aromatic carbocycles. The van der Waals surface area contributed by atoms with Gasteiger partial charge in [0, 0.05) is 10.6 Å². The normalized spacial score (nSPS) is 12.2. The summed E-state index contributed by atoms with van der Waals surface area (Å²) < 4.78 is 0. The van der Waals surface area contributed by atoms with Crippen molar-refractivity contribution >= 4 is 23.5 Å². The highest BCUT2D eigenvalue weighted by Crippen LogP contribution is 2.09. The van der Waals surface area contributed by atoms with Crippen molar-refractivity contribution in [1.82, 2.24) is 0 Å². The molecule has 0 aromatic heterocycles. The molecule has 0 saturated carbocycles. The minimum absolute atomic E-state index is 0.513. The highest BCUT2D eigenvalue weighted by atomic mass is 35.5. The average Bonchev–Trinajstić information content (AvgIpc) is 2.16. The monoisotopic (exact) mass is 196 g/mol. The number of benzene rings is 1. The van der Waals surface area contributed by atoms with Gasteiger partial charge in [-0.2, -0.15) is 10.2 Å². The van der Waals surface area contributed by atoms with E-state index in [0.717, 1.165) is 5.56 Å². The number of nitrogens with zero attached hydrogens (tertiary/aromatic N) is 2. The first-order chi connectivity index (χ1) is 6.27. The zero-order valence-electron chi connectivity index (χ0n) is 6.81. The third-order valence-electron chi connectivity index (χ3n) is 1.48. The Morgan fingerprint density at radius 3 is 2.31 bits per heavy atom. The van der Waals surface area contributed by atoms with Gasteiger partial charge in [-0.1, -0.05) is 23.7 Å². The predicted molar refractivity (Wildman–Crippen MR) is 54.9 cm³/mol. The van der Waals surface area contributed by atoms with E-state index in [0.29, 0.717) is 10.7 Å². The van der Waals surface area contributed by atoms with Gasteiger partial charge in [0.25, 0.3) is 0 Å². The van der Waals surface area contributed by atoms with Crippen molar-refractivity contribution in [2.24, 2.45) is 21.9 Å². The van der Waals surface area contributed by atoms with Crippen LogP contribution in [-0.2, 0) is 0 Å². The van der Waals surface area contributed by atoms with Crippen LogP contribution in [0.25, 0.3) is 0 Å². The highest BCUT2D eigenvalue weighted by molar-refractivity contribution is 6.38. The molecule has 0 amide bonds. The maximum Gasteiger partial charge on any atom is 0.110 e. The zero-order chi connectivity index (χ0) is 9.68. The lowest BCUT2D eigenvalue weighted by Gasteiger charge is -1.98. The van der Waals surface area contributed by atoms with Crippen molar-refractivity contribution in [1.29, 1.82) is 0 Å². The number of hydrogen-bond acceptors (Lipinski definition) is 4. The molecule has 68 valence electrons. The van der Waals surface area contributed by atoms with Crippen LogP contribution in [0.15, 0.2) is 34.5 Å². The van der Waals surface area contributed by atoms with Crippen molar-refractivity contribution in [2.75, 3.05) is 0 Å². The summed E-state index contributed by atoms with van der Waals surface area (Å²) in [5, 5.41) is 7.52. The van der Waals surface area contributed by atoms with Crippen LogP contribution in [0, 0.1) is 0 Å². The number of halogens is 1. The van der Waals surface area contributed by atoms with Gasteiger partial charge in [0.05, 0.1) is 6.21 Å². The maximum atomic E-state index is 5.71. The van der Waals surface area contributed by atoms with E-state index in [1.807, 2.05) is 0 Å². The minimum atomic E-state index is 0.513. The van der Waals surface area contributed by atoms with Gasteiger partial charge in [-0.25, -0.2) is 0 Å². The van der Waals surface area contributed by atoms with Crippen LogP contribution >= 0.6 is 11.6 Å². The molecule has 0 atom stereocenters. The van der Waals surface area contributed by atoms with E-state index in [1.165, 1.54) is 6.21 Å². The first kappa shape index (κ1) is 9.54. The van der Waals surface area contributed by atoms with Crippen molar-refractivity contribution in [3.63, 3.8) is 0 Å². The van der Waals surface area contributed by atoms with Gasteiger partial charge in [0.2, 0.25) is 0 Å². The van der Waals surface area contributed by atoms with E-state index in [4.69, 9.17) is 23.3 Å². The van der Waals surface area contributed by atoms with Crippen LogP contribution in [0.4, 0.5) is 0 Å². The van der Waals surface area contributed by atoms with Crippen molar-refractivity contribution < 1.29 is 0 Å². The summed E-state index contributed by atoms with van der Waals surface area (Å²) in [7, 11) is 0. The van der Waals surface area contributed by atoms with Gasteiger partial charge in [0.15, 0.2) is 0 Å². The fourth-order valence-electron chi connectivity index (χ4n) is 0.874. The van der Waals surface area contributed by atoms with Gasteiger partial charge >= 0.3 is 0 Å². The molecule has 0 radical (unpaired) electrons. The second kappa shape index (κ2) is 4.47. The Labute approximate surface area is 80.9 Å². The molecule has 0 heterocycles. The van der Waals surface area contributed by atoms with E-state index in [1.54, 1.807) is 24.3 Å². The number of rotatable bonds is 2. The first-order valence-corrected chi connectivity index (χ1v) is 3.93. The predicted octanol–water partition coefficient (Wildman–Crippen LogP) is 0.947. The molecule has 0 spiro atoms. The molecule has 0 fully saturated rings. The third-order valence-corrected chi connectivity index (χ3v) is 1.73. The van der Waals surface area contributed by atoms with Crippen LogP contribution in [0.5, 0.6) is 0 Å². The lowest BCUT2D eigenvalue weighted by Crippen LogP contribution is -2.06. The number of hydrazone groups is 2.